The maximum absolute atomic E-state index is 9.09. The zero-order valence-corrected chi connectivity index (χ0v) is 10.6. The van der Waals surface area contributed by atoms with Gasteiger partial charge in [-0.15, -0.1) is 0 Å². The van der Waals surface area contributed by atoms with Gasteiger partial charge in [0.05, 0.1) is 24.1 Å². The summed E-state index contributed by atoms with van der Waals surface area (Å²) in [5, 5.41) is 9.70. The Labute approximate surface area is 111 Å². The van der Waals surface area contributed by atoms with E-state index in [0.29, 0.717) is 28.6 Å². The van der Waals surface area contributed by atoms with Crippen LogP contribution in [0, 0.1) is 11.3 Å². The molecule has 90 valence electrons. The minimum atomic E-state index is 0.460. The van der Waals surface area contributed by atoms with Gasteiger partial charge in [0.2, 0.25) is 0 Å². The van der Waals surface area contributed by atoms with Gasteiger partial charge < -0.3 is 4.74 Å². The first-order chi connectivity index (χ1) is 8.76. The topological polar surface area (TPSA) is 45.9 Å². The zero-order valence-electron chi connectivity index (χ0n) is 9.85. The van der Waals surface area contributed by atoms with Crippen LogP contribution in [0.3, 0.4) is 0 Å². The van der Waals surface area contributed by atoms with Crippen LogP contribution in [0.4, 0.5) is 0 Å². The van der Waals surface area contributed by atoms with Crippen molar-refractivity contribution in [1.29, 1.82) is 5.26 Å². The van der Waals surface area contributed by atoms with Crippen molar-refractivity contribution in [1.82, 2.24) is 4.98 Å². The van der Waals surface area contributed by atoms with Gasteiger partial charge in [0.1, 0.15) is 6.07 Å². The van der Waals surface area contributed by atoms with E-state index in [1.165, 1.54) is 0 Å². The van der Waals surface area contributed by atoms with E-state index in [2.05, 4.69) is 11.1 Å². The van der Waals surface area contributed by atoms with Crippen LogP contribution >= 0.6 is 11.6 Å². The molecular weight excluding hydrogens is 248 g/mol. The third-order valence-corrected chi connectivity index (χ3v) is 2.77. The standard InChI is InChI=1S/C14H11ClN2O/c1-2-18-14-9-17-13(7-10(14)8-16)11-5-3-4-6-12(11)15/h3-7,9H,2H2,1H3. The summed E-state index contributed by atoms with van der Waals surface area (Å²) in [6.45, 7) is 2.37. The molecule has 0 spiro atoms. The van der Waals surface area contributed by atoms with Gasteiger partial charge in [0.25, 0.3) is 0 Å². The summed E-state index contributed by atoms with van der Waals surface area (Å²) >= 11 is 6.10. The van der Waals surface area contributed by atoms with Gasteiger partial charge in [-0.3, -0.25) is 4.98 Å². The second kappa shape index (κ2) is 5.52. The number of hydrogen-bond acceptors (Lipinski definition) is 3. The van der Waals surface area contributed by atoms with Crippen LogP contribution in [-0.4, -0.2) is 11.6 Å². The Morgan fingerprint density at radius 3 is 2.83 bits per heavy atom. The summed E-state index contributed by atoms with van der Waals surface area (Å²) in [5.41, 5.74) is 1.93. The highest BCUT2D eigenvalue weighted by Gasteiger charge is 2.09. The number of rotatable bonds is 3. The number of halogens is 1. The van der Waals surface area contributed by atoms with E-state index in [1.54, 1.807) is 18.3 Å². The first-order valence-corrected chi connectivity index (χ1v) is 5.92. The van der Waals surface area contributed by atoms with Crippen molar-refractivity contribution < 1.29 is 4.74 Å². The third-order valence-electron chi connectivity index (χ3n) is 2.44. The molecule has 0 amide bonds. The fraction of sp³-hybridized carbons (Fsp3) is 0.143. The normalized spacial score (nSPS) is 9.83. The summed E-state index contributed by atoms with van der Waals surface area (Å²) in [6, 6.07) is 11.2. The molecule has 2 rings (SSSR count). The molecule has 1 heterocycles. The van der Waals surface area contributed by atoms with E-state index in [-0.39, 0.29) is 0 Å². The molecule has 4 heteroatoms. The van der Waals surface area contributed by atoms with Crippen LogP contribution in [0.25, 0.3) is 11.3 Å². The number of ether oxygens (including phenoxy) is 1. The number of hydrogen-bond donors (Lipinski definition) is 0. The molecule has 2 aromatic rings. The van der Waals surface area contributed by atoms with E-state index in [4.69, 9.17) is 21.6 Å². The summed E-state index contributed by atoms with van der Waals surface area (Å²) in [6.07, 6.45) is 1.56. The molecule has 0 saturated carbocycles. The first kappa shape index (κ1) is 12.4. The molecule has 0 unspecified atom stereocenters. The molecule has 0 saturated heterocycles. The molecule has 0 aliphatic rings. The average Bonchev–Trinajstić information content (AvgIpc) is 2.40. The molecule has 18 heavy (non-hydrogen) atoms. The van der Waals surface area contributed by atoms with Crippen molar-refractivity contribution in [3.8, 4) is 23.1 Å². The van der Waals surface area contributed by atoms with Gasteiger partial charge in [-0.25, -0.2) is 0 Å². The number of aromatic nitrogens is 1. The largest absolute Gasteiger partial charge is 0.491 e. The third kappa shape index (κ3) is 2.44. The molecule has 0 bridgehead atoms. The smallest absolute Gasteiger partial charge is 0.155 e. The SMILES string of the molecule is CCOc1cnc(-c2ccccc2Cl)cc1C#N. The molecule has 0 radical (unpaired) electrons. The van der Waals surface area contributed by atoms with Crippen molar-refractivity contribution in [2.45, 2.75) is 6.92 Å². The van der Waals surface area contributed by atoms with E-state index < -0.39 is 0 Å². The lowest BCUT2D eigenvalue weighted by Crippen LogP contribution is -1.96. The molecule has 0 N–H and O–H groups in total. The first-order valence-electron chi connectivity index (χ1n) is 5.54. The fourth-order valence-electron chi connectivity index (χ4n) is 1.62. The lowest BCUT2D eigenvalue weighted by Gasteiger charge is -2.07. The van der Waals surface area contributed by atoms with Crippen molar-refractivity contribution in [2.24, 2.45) is 0 Å². The van der Waals surface area contributed by atoms with Gasteiger partial charge in [0.15, 0.2) is 5.75 Å². The molecule has 0 fully saturated rings. The predicted molar refractivity (Wildman–Crippen MR) is 70.6 cm³/mol. The Morgan fingerprint density at radius 1 is 1.39 bits per heavy atom. The molecule has 0 aliphatic carbocycles. The van der Waals surface area contributed by atoms with Gasteiger partial charge in [-0.05, 0) is 19.1 Å². The highest BCUT2D eigenvalue weighted by Crippen LogP contribution is 2.28. The van der Waals surface area contributed by atoms with Crippen molar-refractivity contribution >= 4 is 11.6 Å². The molecule has 3 nitrogen and oxygen atoms in total. The molecule has 1 aromatic carbocycles. The summed E-state index contributed by atoms with van der Waals surface area (Å²) in [4.78, 5) is 4.28. The van der Waals surface area contributed by atoms with Crippen molar-refractivity contribution in [2.75, 3.05) is 6.61 Å². The monoisotopic (exact) mass is 258 g/mol. The van der Waals surface area contributed by atoms with E-state index in [9.17, 15) is 0 Å². The lowest BCUT2D eigenvalue weighted by molar-refractivity contribution is 0.338. The lowest BCUT2D eigenvalue weighted by atomic mass is 10.1. The second-order valence-corrected chi connectivity index (χ2v) is 4.00. The van der Waals surface area contributed by atoms with Gasteiger partial charge in [-0.2, -0.15) is 5.26 Å². The molecule has 0 atom stereocenters. The van der Waals surface area contributed by atoms with Crippen LogP contribution in [0.1, 0.15) is 12.5 Å². The Kier molecular flexibility index (Phi) is 3.81. The van der Waals surface area contributed by atoms with Gasteiger partial charge in [0, 0.05) is 10.6 Å². The van der Waals surface area contributed by atoms with Crippen LogP contribution in [0.2, 0.25) is 5.02 Å². The predicted octanol–water partition coefficient (Wildman–Crippen LogP) is 3.67. The highest BCUT2D eigenvalue weighted by molar-refractivity contribution is 6.33. The average molecular weight is 259 g/mol. The molecule has 0 aliphatic heterocycles. The minimum Gasteiger partial charge on any atom is -0.491 e. The van der Waals surface area contributed by atoms with Crippen LogP contribution < -0.4 is 4.74 Å². The summed E-state index contributed by atoms with van der Waals surface area (Å²) in [5.74, 6) is 0.496. The van der Waals surface area contributed by atoms with Crippen molar-refractivity contribution in [3.05, 3.63) is 47.1 Å². The Morgan fingerprint density at radius 2 is 2.17 bits per heavy atom. The van der Waals surface area contributed by atoms with E-state index >= 15 is 0 Å². The van der Waals surface area contributed by atoms with Gasteiger partial charge in [-0.1, -0.05) is 29.8 Å². The van der Waals surface area contributed by atoms with E-state index in [0.717, 1.165) is 5.56 Å². The fourth-order valence-corrected chi connectivity index (χ4v) is 1.85. The zero-order chi connectivity index (χ0) is 13.0. The summed E-state index contributed by atoms with van der Waals surface area (Å²) in [7, 11) is 0. The Balaban J connectivity index is 2.49. The highest BCUT2D eigenvalue weighted by atomic mass is 35.5. The second-order valence-electron chi connectivity index (χ2n) is 3.59. The van der Waals surface area contributed by atoms with E-state index in [1.807, 2.05) is 25.1 Å². The quantitative estimate of drug-likeness (QED) is 0.844. The van der Waals surface area contributed by atoms with Crippen LogP contribution in [-0.2, 0) is 0 Å². The number of benzene rings is 1. The maximum atomic E-state index is 9.09. The Bertz CT molecular complexity index is 605. The van der Waals surface area contributed by atoms with Crippen LogP contribution in [0.5, 0.6) is 5.75 Å². The number of pyridine rings is 1. The van der Waals surface area contributed by atoms with Crippen molar-refractivity contribution in [3.63, 3.8) is 0 Å². The van der Waals surface area contributed by atoms with Crippen LogP contribution in [0.15, 0.2) is 36.5 Å². The Hall–Kier alpha value is -2.05. The molecule has 1 aromatic heterocycles. The molecular formula is C14H11ClN2O. The minimum absolute atomic E-state index is 0.460. The summed E-state index contributed by atoms with van der Waals surface area (Å²) < 4.78 is 5.33. The maximum Gasteiger partial charge on any atom is 0.155 e. The number of nitrogens with zero attached hydrogens (tertiary/aromatic N) is 2. The van der Waals surface area contributed by atoms with Gasteiger partial charge >= 0.3 is 0 Å². The number of nitriles is 1.